The van der Waals surface area contributed by atoms with Crippen LogP contribution in [0.3, 0.4) is 0 Å². The highest BCUT2D eigenvalue weighted by Crippen LogP contribution is 2.14. The average Bonchev–Trinajstić information content (AvgIpc) is 2.21. The summed E-state index contributed by atoms with van der Waals surface area (Å²) in [6.07, 6.45) is 1.31. The van der Waals surface area contributed by atoms with Crippen molar-refractivity contribution < 1.29 is 24.5 Å². The third kappa shape index (κ3) is 3.30. The number of aliphatic imine (C=N–C) groups is 1. The number of cyclic esters (lactones) is 1. The zero-order valence-corrected chi connectivity index (χ0v) is 9.71. The lowest BCUT2D eigenvalue weighted by Crippen LogP contribution is -2.25. The van der Waals surface area contributed by atoms with Crippen molar-refractivity contribution in [2.75, 3.05) is 6.61 Å². The van der Waals surface area contributed by atoms with Crippen LogP contribution in [0.5, 0.6) is 0 Å². The highest BCUT2D eigenvalue weighted by molar-refractivity contribution is 6.10. The summed E-state index contributed by atoms with van der Waals surface area (Å²) in [6.45, 7) is 3.56. The summed E-state index contributed by atoms with van der Waals surface area (Å²) in [6, 6.07) is -0.940. The Morgan fingerprint density at radius 1 is 1.53 bits per heavy atom. The molecular weight excluding hydrogens is 226 g/mol. The minimum Gasteiger partial charge on any atom is -0.511 e. The van der Waals surface area contributed by atoms with E-state index in [0.717, 1.165) is 6.21 Å². The van der Waals surface area contributed by atoms with Gasteiger partial charge in [-0.1, -0.05) is 13.8 Å². The first-order valence-corrected chi connectivity index (χ1v) is 5.28. The fourth-order valence-corrected chi connectivity index (χ4v) is 1.37. The van der Waals surface area contributed by atoms with Gasteiger partial charge in [0.25, 0.3) is 0 Å². The lowest BCUT2D eigenvalue weighted by atomic mass is 10.1. The van der Waals surface area contributed by atoms with Crippen molar-refractivity contribution in [3.63, 3.8) is 0 Å². The first-order valence-electron chi connectivity index (χ1n) is 5.28. The lowest BCUT2D eigenvalue weighted by Gasteiger charge is -2.14. The van der Waals surface area contributed by atoms with Gasteiger partial charge < -0.3 is 14.9 Å². The number of aliphatic hydroxyl groups excluding tert-OH is 1. The van der Waals surface area contributed by atoms with Crippen molar-refractivity contribution in [3.8, 4) is 0 Å². The number of rotatable bonds is 4. The Morgan fingerprint density at radius 3 is 2.65 bits per heavy atom. The number of aliphatic carboxylic acids is 1. The van der Waals surface area contributed by atoms with Crippen molar-refractivity contribution in [2.45, 2.75) is 26.3 Å². The molecule has 1 heterocycles. The number of hydrogen-bond acceptors (Lipinski definition) is 5. The SMILES string of the molecule is CC(C)[C@@H](N=CC1=C(O)CCOC1=O)C(=O)O. The normalized spacial score (nSPS) is 18.6. The van der Waals surface area contributed by atoms with E-state index in [1.165, 1.54) is 0 Å². The van der Waals surface area contributed by atoms with E-state index in [1.54, 1.807) is 13.8 Å². The van der Waals surface area contributed by atoms with Gasteiger partial charge in [0.2, 0.25) is 0 Å². The predicted octanol–water partition coefficient (Wildman–Crippen LogP) is 0.925. The summed E-state index contributed by atoms with van der Waals surface area (Å²) in [5.41, 5.74) is -0.0665. The van der Waals surface area contributed by atoms with Crippen LogP contribution in [0.2, 0.25) is 0 Å². The number of carboxylic acids is 1. The molecule has 0 saturated carbocycles. The Bertz CT molecular complexity index is 383. The Kier molecular flexibility index (Phi) is 4.25. The molecule has 0 radical (unpaired) electrons. The maximum absolute atomic E-state index is 11.3. The first-order chi connectivity index (χ1) is 7.93. The molecule has 0 spiro atoms. The highest BCUT2D eigenvalue weighted by atomic mass is 16.5. The predicted molar refractivity (Wildman–Crippen MR) is 60.0 cm³/mol. The molecule has 1 atom stereocenters. The smallest absolute Gasteiger partial charge is 0.343 e. The molecule has 6 nitrogen and oxygen atoms in total. The van der Waals surface area contributed by atoms with E-state index in [9.17, 15) is 14.7 Å². The molecule has 1 aliphatic heterocycles. The number of hydrogen-bond donors (Lipinski definition) is 2. The van der Waals surface area contributed by atoms with Crippen molar-refractivity contribution in [1.82, 2.24) is 0 Å². The molecule has 1 aliphatic rings. The van der Waals surface area contributed by atoms with E-state index in [0.29, 0.717) is 0 Å². The third-order valence-corrected chi connectivity index (χ3v) is 2.35. The van der Waals surface area contributed by atoms with Gasteiger partial charge in [-0.05, 0) is 5.92 Å². The molecule has 0 unspecified atom stereocenters. The summed E-state index contributed by atoms with van der Waals surface area (Å²) in [4.78, 5) is 26.0. The van der Waals surface area contributed by atoms with Crippen molar-refractivity contribution >= 4 is 18.2 Å². The maximum atomic E-state index is 11.3. The van der Waals surface area contributed by atoms with E-state index in [-0.39, 0.29) is 30.3 Å². The fourth-order valence-electron chi connectivity index (χ4n) is 1.37. The van der Waals surface area contributed by atoms with Gasteiger partial charge in [0.1, 0.15) is 17.4 Å². The molecular formula is C11H15NO5. The van der Waals surface area contributed by atoms with E-state index >= 15 is 0 Å². The number of nitrogens with zero attached hydrogens (tertiary/aromatic N) is 1. The number of ether oxygens (including phenoxy) is 1. The van der Waals surface area contributed by atoms with Gasteiger partial charge in [0, 0.05) is 12.6 Å². The molecule has 0 aliphatic carbocycles. The number of carbonyl (C=O) groups is 2. The molecule has 0 fully saturated rings. The molecule has 0 aromatic carbocycles. The minimum atomic E-state index is -1.07. The molecule has 0 saturated heterocycles. The van der Waals surface area contributed by atoms with Crippen LogP contribution in [0.4, 0.5) is 0 Å². The topological polar surface area (TPSA) is 96.2 Å². The van der Waals surface area contributed by atoms with Crippen LogP contribution in [-0.4, -0.2) is 41.0 Å². The minimum absolute atomic E-state index is 0.0665. The van der Waals surface area contributed by atoms with Gasteiger partial charge in [0.15, 0.2) is 0 Å². The number of esters is 1. The molecule has 2 N–H and O–H groups in total. The molecule has 6 heteroatoms. The van der Waals surface area contributed by atoms with E-state index in [2.05, 4.69) is 4.99 Å². The van der Waals surface area contributed by atoms with Gasteiger partial charge in [-0.15, -0.1) is 0 Å². The highest BCUT2D eigenvalue weighted by Gasteiger charge is 2.23. The van der Waals surface area contributed by atoms with Gasteiger partial charge in [0.05, 0.1) is 6.61 Å². The number of carboxylic acid groups (broad SMARTS) is 1. The second-order valence-electron chi connectivity index (χ2n) is 4.05. The second kappa shape index (κ2) is 5.47. The molecule has 0 aromatic heterocycles. The van der Waals surface area contributed by atoms with Gasteiger partial charge >= 0.3 is 11.9 Å². The summed E-state index contributed by atoms with van der Waals surface area (Å²) >= 11 is 0. The van der Waals surface area contributed by atoms with Crippen LogP contribution >= 0.6 is 0 Å². The van der Waals surface area contributed by atoms with Crippen molar-refractivity contribution in [3.05, 3.63) is 11.3 Å². The van der Waals surface area contributed by atoms with Crippen LogP contribution in [0.1, 0.15) is 20.3 Å². The quantitative estimate of drug-likeness (QED) is 0.563. The lowest BCUT2D eigenvalue weighted by molar-refractivity contribution is -0.141. The molecule has 0 aromatic rings. The largest absolute Gasteiger partial charge is 0.511 e. The van der Waals surface area contributed by atoms with E-state index in [4.69, 9.17) is 9.84 Å². The van der Waals surface area contributed by atoms with Gasteiger partial charge in [-0.2, -0.15) is 0 Å². The zero-order chi connectivity index (χ0) is 13.0. The molecule has 17 heavy (non-hydrogen) atoms. The van der Waals surface area contributed by atoms with E-state index < -0.39 is 18.0 Å². The fraction of sp³-hybridized carbons (Fsp3) is 0.545. The summed E-state index contributed by atoms with van der Waals surface area (Å²) < 4.78 is 4.72. The number of carbonyl (C=O) groups excluding carboxylic acids is 1. The first kappa shape index (κ1) is 13.2. The Hall–Kier alpha value is -1.85. The third-order valence-electron chi connectivity index (χ3n) is 2.35. The average molecular weight is 241 g/mol. The monoisotopic (exact) mass is 241 g/mol. The molecule has 1 rings (SSSR count). The van der Waals surface area contributed by atoms with Crippen LogP contribution in [0.15, 0.2) is 16.3 Å². The Labute approximate surface area is 98.6 Å². The van der Waals surface area contributed by atoms with Crippen molar-refractivity contribution in [1.29, 1.82) is 0 Å². The molecule has 94 valence electrons. The Morgan fingerprint density at radius 2 is 2.18 bits per heavy atom. The standard InChI is InChI=1S/C11H15NO5/c1-6(2)9(10(14)15)12-5-7-8(13)3-4-17-11(7)16/h5-6,9,13H,3-4H2,1-2H3,(H,14,15)/t9-/m1/s1. The second-order valence-corrected chi connectivity index (χ2v) is 4.05. The maximum Gasteiger partial charge on any atom is 0.343 e. The molecule has 0 bridgehead atoms. The number of aliphatic hydroxyl groups is 1. The summed E-state index contributed by atoms with van der Waals surface area (Å²) in [7, 11) is 0. The van der Waals surface area contributed by atoms with E-state index in [1.807, 2.05) is 0 Å². The van der Waals surface area contributed by atoms with Crippen LogP contribution in [0, 0.1) is 5.92 Å². The Balaban J connectivity index is 2.88. The zero-order valence-electron chi connectivity index (χ0n) is 9.71. The van der Waals surface area contributed by atoms with Crippen LogP contribution in [-0.2, 0) is 14.3 Å². The molecule has 0 amide bonds. The summed E-state index contributed by atoms with van der Waals surface area (Å²) in [5, 5.41) is 18.4. The van der Waals surface area contributed by atoms with Gasteiger partial charge in [-0.3, -0.25) is 4.99 Å². The van der Waals surface area contributed by atoms with Crippen LogP contribution < -0.4 is 0 Å². The van der Waals surface area contributed by atoms with Gasteiger partial charge in [-0.25, -0.2) is 9.59 Å². The summed E-state index contributed by atoms with van der Waals surface area (Å²) in [5.74, 6) is -2.06. The van der Waals surface area contributed by atoms with Crippen molar-refractivity contribution in [2.24, 2.45) is 10.9 Å². The van der Waals surface area contributed by atoms with Crippen LogP contribution in [0.25, 0.3) is 0 Å².